The predicted molar refractivity (Wildman–Crippen MR) is 75.7 cm³/mol. The van der Waals surface area contributed by atoms with E-state index >= 15 is 0 Å². The molecular formula is C14H21N3O2. The molecule has 0 bridgehead atoms. The van der Waals surface area contributed by atoms with E-state index in [1.807, 2.05) is 32.0 Å². The van der Waals surface area contributed by atoms with Gasteiger partial charge in [-0.05, 0) is 44.9 Å². The van der Waals surface area contributed by atoms with Gasteiger partial charge in [-0.25, -0.2) is 5.84 Å². The lowest BCUT2D eigenvalue weighted by atomic mass is 10.2. The zero-order chi connectivity index (χ0) is 13.7. The van der Waals surface area contributed by atoms with E-state index in [0.717, 1.165) is 29.9 Å². The second kappa shape index (κ2) is 6.43. The van der Waals surface area contributed by atoms with E-state index in [0.29, 0.717) is 25.1 Å². The zero-order valence-corrected chi connectivity index (χ0v) is 11.5. The molecule has 0 saturated heterocycles. The van der Waals surface area contributed by atoms with Gasteiger partial charge in [0.05, 0.1) is 19.3 Å². The summed E-state index contributed by atoms with van der Waals surface area (Å²) in [4.78, 5) is 4.54. The summed E-state index contributed by atoms with van der Waals surface area (Å²) < 4.78 is 11.1. The van der Waals surface area contributed by atoms with Gasteiger partial charge in [-0.3, -0.25) is 4.99 Å². The Bertz CT molecular complexity index is 456. The summed E-state index contributed by atoms with van der Waals surface area (Å²) in [5.74, 6) is 7.72. The summed E-state index contributed by atoms with van der Waals surface area (Å²) in [5, 5.41) is 0. The fourth-order valence-electron chi connectivity index (χ4n) is 1.78. The van der Waals surface area contributed by atoms with Crippen molar-refractivity contribution < 1.29 is 9.47 Å². The Morgan fingerprint density at radius 3 is 2.53 bits per heavy atom. The maximum Gasteiger partial charge on any atom is 0.161 e. The van der Waals surface area contributed by atoms with E-state index in [1.165, 1.54) is 0 Å². The standard InChI is InChI=1S/C14H21N3O2/c1-3-18-12-8-5-10(9-13(12)19-4-2)14(17-15)16-11-6-7-11/h5,8-9,11H,3-4,6-7,15H2,1-2H3,(H,16,17). The van der Waals surface area contributed by atoms with Crippen LogP contribution in [0.15, 0.2) is 23.2 Å². The molecule has 0 spiro atoms. The van der Waals surface area contributed by atoms with Crippen LogP contribution in [-0.2, 0) is 0 Å². The number of nitrogens with one attached hydrogen (secondary N) is 1. The Morgan fingerprint density at radius 2 is 1.95 bits per heavy atom. The number of nitrogens with zero attached hydrogens (tertiary/aromatic N) is 1. The number of aliphatic imine (C=N–C) groups is 1. The number of hydrogen-bond acceptors (Lipinski definition) is 4. The molecule has 104 valence electrons. The van der Waals surface area contributed by atoms with E-state index in [1.54, 1.807) is 0 Å². The molecule has 0 radical (unpaired) electrons. The van der Waals surface area contributed by atoms with Gasteiger partial charge >= 0.3 is 0 Å². The van der Waals surface area contributed by atoms with Crippen molar-refractivity contribution in [1.82, 2.24) is 5.43 Å². The summed E-state index contributed by atoms with van der Waals surface area (Å²) in [6.07, 6.45) is 2.28. The average Bonchev–Trinajstić information content (AvgIpc) is 3.23. The molecule has 0 atom stereocenters. The molecule has 0 aromatic heterocycles. The minimum Gasteiger partial charge on any atom is -0.490 e. The molecule has 5 heteroatoms. The Kier molecular flexibility index (Phi) is 4.63. The molecule has 1 aliphatic carbocycles. The first kappa shape index (κ1) is 13.7. The average molecular weight is 263 g/mol. The van der Waals surface area contributed by atoms with Gasteiger partial charge in [0.2, 0.25) is 0 Å². The third-order valence-corrected chi connectivity index (χ3v) is 2.81. The summed E-state index contributed by atoms with van der Waals surface area (Å²) in [7, 11) is 0. The van der Waals surface area contributed by atoms with Gasteiger partial charge in [-0.15, -0.1) is 0 Å². The van der Waals surface area contributed by atoms with Crippen molar-refractivity contribution in [2.45, 2.75) is 32.7 Å². The first-order valence-electron chi connectivity index (χ1n) is 6.72. The number of ether oxygens (including phenoxy) is 2. The van der Waals surface area contributed by atoms with E-state index in [-0.39, 0.29) is 0 Å². The van der Waals surface area contributed by atoms with Gasteiger partial charge in [0.15, 0.2) is 11.5 Å². The topological polar surface area (TPSA) is 68.9 Å². The van der Waals surface area contributed by atoms with E-state index in [9.17, 15) is 0 Å². The molecule has 1 aliphatic rings. The van der Waals surface area contributed by atoms with Gasteiger partial charge in [0.1, 0.15) is 5.84 Å². The van der Waals surface area contributed by atoms with Crippen LogP contribution in [-0.4, -0.2) is 25.1 Å². The Labute approximate surface area is 113 Å². The third kappa shape index (κ3) is 3.61. The van der Waals surface area contributed by atoms with Crippen molar-refractivity contribution in [1.29, 1.82) is 0 Å². The van der Waals surface area contributed by atoms with Gasteiger partial charge < -0.3 is 14.9 Å². The number of benzene rings is 1. The molecule has 2 rings (SSSR count). The highest BCUT2D eigenvalue weighted by atomic mass is 16.5. The minimum atomic E-state index is 0.410. The van der Waals surface area contributed by atoms with Crippen LogP contribution in [0.5, 0.6) is 11.5 Å². The van der Waals surface area contributed by atoms with Gasteiger partial charge in [0, 0.05) is 5.56 Å². The number of amidine groups is 1. The smallest absolute Gasteiger partial charge is 0.161 e. The Morgan fingerprint density at radius 1 is 1.26 bits per heavy atom. The molecule has 1 aromatic carbocycles. The molecule has 0 aliphatic heterocycles. The molecule has 1 fully saturated rings. The van der Waals surface area contributed by atoms with Crippen molar-refractivity contribution >= 4 is 5.84 Å². The first-order chi connectivity index (χ1) is 9.28. The van der Waals surface area contributed by atoms with Crippen LogP contribution in [0, 0.1) is 0 Å². The quantitative estimate of drug-likeness (QED) is 0.356. The van der Waals surface area contributed by atoms with E-state index < -0.39 is 0 Å². The van der Waals surface area contributed by atoms with Crippen LogP contribution in [0.1, 0.15) is 32.3 Å². The van der Waals surface area contributed by atoms with E-state index in [2.05, 4.69) is 10.4 Å². The number of nitrogens with two attached hydrogens (primary N) is 1. The second-order valence-electron chi connectivity index (χ2n) is 4.38. The highest BCUT2D eigenvalue weighted by Crippen LogP contribution is 2.29. The molecule has 19 heavy (non-hydrogen) atoms. The number of hydrazine groups is 1. The summed E-state index contributed by atoms with van der Waals surface area (Å²) in [5.41, 5.74) is 3.58. The summed E-state index contributed by atoms with van der Waals surface area (Å²) in [6.45, 7) is 5.10. The van der Waals surface area contributed by atoms with E-state index in [4.69, 9.17) is 15.3 Å². The monoisotopic (exact) mass is 263 g/mol. The zero-order valence-electron chi connectivity index (χ0n) is 11.5. The van der Waals surface area contributed by atoms with Crippen molar-refractivity contribution in [2.24, 2.45) is 10.8 Å². The lowest BCUT2D eigenvalue weighted by molar-refractivity contribution is 0.287. The van der Waals surface area contributed by atoms with Crippen LogP contribution < -0.4 is 20.7 Å². The largest absolute Gasteiger partial charge is 0.490 e. The molecule has 3 N–H and O–H groups in total. The number of rotatable bonds is 6. The molecule has 1 saturated carbocycles. The van der Waals surface area contributed by atoms with Crippen LogP contribution in [0.2, 0.25) is 0 Å². The molecule has 0 unspecified atom stereocenters. The Balaban J connectivity index is 2.27. The molecular weight excluding hydrogens is 242 g/mol. The van der Waals surface area contributed by atoms with Crippen molar-refractivity contribution in [3.63, 3.8) is 0 Å². The molecule has 1 aromatic rings. The van der Waals surface area contributed by atoms with Crippen molar-refractivity contribution in [3.05, 3.63) is 23.8 Å². The first-order valence-corrected chi connectivity index (χ1v) is 6.72. The fraction of sp³-hybridized carbons (Fsp3) is 0.500. The molecule has 5 nitrogen and oxygen atoms in total. The number of hydrogen-bond donors (Lipinski definition) is 2. The maximum atomic E-state index is 5.60. The normalized spacial score (nSPS) is 15.2. The maximum absolute atomic E-state index is 5.60. The SMILES string of the molecule is CCOc1ccc(C(=NC2CC2)NN)cc1OCC. The lowest BCUT2D eigenvalue weighted by Gasteiger charge is -2.13. The fourth-order valence-corrected chi connectivity index (χ4v) is 1.78. The molecule has 0 amide bonds. The summed E-state index contributed by atoms with van der Waals surface area (Å²) in [6, 6.07) is 6.15. The third-order valence-electron chi connectivity index (χ3n) is 2.81. The molecule has 0 heterocycles. The predicted octanol–water partition coefficient (Wildman–Crippen LogP) is 1.86. The van der Waals surface area contributed by atoms with Gasteiger partial charge in [0.25, 0.3) is 0 Å². The van der Waals surface area contributed by atoms with Crippen LogP contribution in [0.25, 0.3) is 0 Å². The highest BCUT2D eigenvalue weighted by Gasteiger charge is 2.21. The highest BCUT2D eigenvalue weighted by molar-refractivity contribution is 5.99. The summed E-state index contributed by atoms with van der Waals surface area (Å²) >= 11 is 0. The van der Waals surface area contributed by atoms with Crippen LogP contribution in [0.4, 0.5) is 0 Å². The second-order valence-corrected chi connectivity index (χ2v) is 4.38. The van der Waals surface area contributed by atoms with Gasteiger partial charge in [-0.2, -0.15) is 0 Å². The van der Waals surface area contributed by atoms with Crippen molar-refractivity contribution in [2.75, 3.05) is 13.2 Å². The van der Waals surface area contributed by atoms with Gasteiger partial charge in [-0.1, -0.05) is 0 Å². The van der Waals surface area contributed by atoms with Crippen LogP contribution in [0.3, 0.4) is 0 Å². The van der Waals surface area contributed by atoms with Crippen LogP contribution >= 0.6 is 0 Å². The Hall–Kier alpha value is -1.75. The minimum absolute atomic E-state index is 0.410. The lowest BCUT2D eigenvalue weighted by Crippen LogP contribution is -2.31. The van der Waals surface area contributed by atoms with Crippen molar-refractivity contribution in [3.8, 4) is 11.5 Å².